The van der Waals surface area contributed by atoms with Gasteiger partial charge in [0.1, 0.15) is 5.75 Å². The van der Waals surface area contributed by atoms with Crippen LogP contribution in [0.4, 0.5) is 0 Å². The van der Waals surface area contributed by atoms with E-state index < -0.39 is 35.7 Å². The molecule has 60 heavy (non-hydrogen) atoms. The Labute approximate surface area is 354 Å². The topological polar surface area (TPSA) is 210 Å². The van der Waals surface area contributed by atoms with E-state index in [1.54, 1.807) is 73.2 Å². The number of phenolic OH excluding ortho intramolecular Hbond substituents is 1. The number of benzene rings is 3. The first kappa shape index (κ1) is 43.5. The van der Waals surface area contributed by atoms with E-state index in [0.29, 0.717) is 35.4 Å². The quantitative estimate of drug-likeness (QED) is 0.0475. The van der Waals surface area contributed by atoms with Crippen LogP contribution in [0.5, 0.6) is 5.75 Å². The molecule has 12 nitrogen and oxygen atoms in total. The number of Topliss-reactive ketones (excluding diaryl/α,β-unsaturated/α-hetero) is 2. The van der Waals surface area contributed by atoms with Crippen LogP contribution in [0.25, 0.3) is 16.5 Å². The fraction of sp³-hybridized carbons (Fsp3) is 0.319. The summed E-state index contributed by atoms with van der Waals surface area (Å²) < 4.78 is 0. The van der Waals surface area contributed by atoms with Crippen molar-refractivity contribution in [3.8, 4) is 5.75 Å². The van der Waals surface area contributed by atoms with Crippen molar-refractivity contribution in [1.82, 2.24) is 20.6 Å². The zero-order chi connectivity index (χ0) is 42.6. The first-order valence-corrected chi connectivity index (χ1v) is 20.7. The molecule has 0 fully saturated rings. The van der Waals surface area contributed by atoms with Gasteiger partial charge in [0, 0.05) is 72.0 Å². The number of H-pyrrole nitrogens is 1. The van der Waals surface area contributed by atoms with Crippen LogP contribution < -0.4 is 22.1 Å². The summed E-state index contributed by atoms with van der Waals surface area (Å²) in [6.07, 6.45) is 9.18. The summed E-state index contributed by atoms with van der Waals surface area (Å²) in [7, 11) is 0. The van der Waals surface area contributed by atoms with Crippen LogP contribution in [0, 0.1) is 11.8 Å². The number of halogens is 1. The van der Waals surface area contributed by atoms with Gasteiger partial charge in [-0.15, -0.1) is 0 Å². The molecule has 0 bridgehead atoms. The minimum Gasteiger partial charge on any atom is -0.508 e. The number of allylic oxidation sites excluding steroid dienone is 2. The monoisotopic (exact) mass is 830 g/mol. The van der Waals surface area contributed by atoms with Crippen molar-refractivity contribution < 1.29 is 29.1 Å². The number of amides is 3. The number of nitrogens with one attached hydrogen (secondary N) is 3. The molecular formula is C47H51ClN6O6. The lowest BCUT2D eigenvalue weighted by Gasteiger charge is -2.25. The number of rotatable bonds is 22. The van der Waals surface area contributed by atoms with Crippen LogP contribution in [0.3, 0.4) is 0 Å². The Morgan fingerprint density at radius 1 is 0.800 bits per heavy atom. The van der Waals surface area contributed by atoms with Crippen LogP contribution in [0.1, 0.15) is 66.3 Å². The van der Waals surface area contributed by atoms with Crippen molar-refractivity contribution in [1.29, 1.82) is 0 Å². The molecule has 0 saturated carbocycles. The zero-order valence-electron chi connectivity index (χ0n) is 33.4. The molecule has 0 aliphatic heterocycles. The SMILES string of the molecule is NCCCCC(=O)N[C@@H](Cc1c[nH]c2ccc(O)cc12)C(=O)C[C@@H](Cc1ccc(Cl)cc1)C(=O)N[C@@H](Cc1ccncc1)C(=O)C[C@H](CC1=CCc2ccccc21)C(N)=O. The summed E-state index contributed by atoms with van der Waals surface area (Å²) >= 11 is 6.20. The number of primary amides is 1. The molecule has 0 unspecified atom stereocenters. The fourth-order valence-electron chi connectivity index (χ4n) is 7.81. The normalized spacial score (nSPS) is 14.1. The molecule has 312 valence electrons. The van der Waals surface area contributed by atoms with Crippen molar-refractivity contribution in [2.75, 3.05) is 6.54 Å². The number of hydrogen-bond donors (Lipinski definition) is 6. The summed E-state index contributed by atoms with van der Waals surface area (Å²) in [5.74, 6) is -3.99. The van der Waals surface area contributed by atoms with E-state index in [0.717, 1.165) is 39.8 Å². The number of unbranched alkanes of at least 4 members (excludes halogenated alkanes) is 1. The minimum absolute atomic E-state index is 0.0516. The van der Waals surface area contributed by atoms with Crippen LogP contribution in [0.15, 0.2) is 104 Å². The highest BCUT2D eigenvalue weighted by molar-refractivity contribution is 6.30. The Morgan fingerprint density at radius 3 is 2.23 bits per heavy atom. The van der Waals surface area contributed by atoms with Gasteiger partial charge in [-0.2, -0.15) is 0 Å². The maximum absolute atomic E-state index is 14.6. The lowest BCUT2D eigenvalue weighted by molar-refractivity contribution is -0.134. The molecular weight excluding hydrogens is 780 g/mol. The number of fused-ring (bicyclic) bond motifs is 2. The lowest BCUT2D eigenvalue weighted by Crippen LogP contribution is -2.48. The van der Waals surface area contributed by atoms with Crippen molar-refractivity contribution in [3.63, 3.8) is 0 Å². The Bertz CT molecular complexity index is 2340. The predicted molar refractivity (Wildman–Crippen MR) is 232 cm³/mol. The number of aromatic nitrogens is 2. The number of hydrogen-bond acceptors (Lipinski definition) is 8. The van der Waals surface area contributed by atoms with Crippen molar-refractivity contribution >= 4 is 57.4 Å². The van der Waals surface area contributed by atoms with E-state index in [2.05, 4.69) is 26.7 Å². The number of pyridine rings is 1. The third-order valence-corrected chi connectivity index (χ3v) is 11.4. The fourth-order valence-corrected chi connectivity index (χ4v) is 7.93. The number of ketones is 2. The molecule has 1 aliphatic carbocycles. The lowest BCUT2D eigenvalue weighted by atomic mass is 9.87. The van der Waals surface area contributed by atoms with E-state index in [-0.39, 0.29) is 68.2 Å². The number of aromatic hydroxyl groups is 1. The molecule has 1 aliphatic rings. The van der Waals surface area contributed by atoms with Gasteiger partial charge < -0.3 is 32.2 Å². The van der Waals surface area contributed by atoms with Gasteiger partial charge in [0.2, 0.25) is 17.7 Å². The summed E-state index contributed by atoms with van der Waals surface area (Å²) in [6.45, 7) is 0.427. The number of nitrogens with two attached hydrogens (primary N) is 2. The largest absolute Gasteiger partial charge is 0.508 e. The molecule has 3 amide bonds. The minimum atomic E-state index is -1.06. The van der Waals surface area contributed by atoms with Gasteiger partial charge in [0.05, 0.1) is 12.1 Å². The van der Waals surface area contributed by atoms with Crippen molar-refractivity contribution in [2.45, 2.75) is 76.3 Å². The standard InChI is InChI=1S/C47H51ClN6O6/c48-36-12-8-29(9-13-36)21-34(26-44(57)42(53-45(58)7-3-4-18-49)24-35-28-52-40-15-14-37(55)27-39(35)40)47(60)54-41(22-30-16-19-51-20-17-30)43(56)25-33(46(50)59)23-32-11-10-31-5-1-2-6-38(31)32/h1-2,5-6,8-9,11-17,19-20,27-28,33-34,41-42,52,55H,3-4,7,10,18,21-26,49H2,(H2,50,59)(H,53,58)(H,54,60)/t33-,34+,41-,42-/m0/s1. The molecule has 0 radical (unpaired) electrons. The Hall–Kier alpha value is -6.11. The van der Waals surface area contributed by atoms with Gasteiger partial charge in [0.25, 0.3) is 0 Å². The van der Waals surface area contributed by atoms with Crippen LogP contribution >= 0.6 is 11.6 Å². The Balaban J connectivity index is 1.26. The summed E-state index contributed by atoms with van der Waals surface area (Å²) in [6, 6.07) is 21.1. The molecule has 2 heterocycles. The second-order valence-corrected chi connectivity index (χ2v) is 15.9. The number of nitrogens with zero attached hydrogens (tertiary/aromatic N) is 1. The van der Waals surface area contributed by atoms with Gasteiger partial charge in [-0.05, 0) is 121 Å². The number of carbonyl (C=O) groups excluding carboxylic acids is 5. The third kappa shape index (κ3) is 11.8. The summed E-state index contributed by atoms with van der Waals surface area (Å²) in [4.78, 5) is 76.6. The van der Waals surface area contributed by atoms with Gasteiger partial charge in [0.15, 0.2) is 11.6 Å². The maximum atomic E-state index is 14.6. The molecule has 5 aromatic rings. The van der Waals surface area contributed by atoms with Crippen molar-refractivity contribution in [2.24, 2.45) is 23.3 Å². The number of aromatic amines is 1. The van der Waals surface area contributed by atoms with Gasteiger partial charge in [-0.1, -0.05) is 54.1 Å². The smallest absolute Gasteiger partial charge is 0.224 e. The van der Waals surface area contributed by atoms with E-state index in [1.165, 1.54) is 0 Å². The second-order valence-electron chi connectivity index (χ2n) is 15.5. The zero-order valence-corrected chi connectivity index (χ0v) is 34.1. The van der Waals surface area contributed by atoms with Gasteiger partial charge in [-0.25, -0.2) is 0 Å². The second kappa shape index (κ2) is 20.7. The number of carbonyl (C=O) groups is 5. The van der Waals surface area contributed by atoms with Crippen LogP contribution in [0.2, 0.25) is 5.02 Å². The average molecular weight is 831 g/mol. The van der Waals surface area contributed by atoms with Gasteiger partial charge in [-0.3, -0.25) is 29.0 Å². The molecule has 0 saturated heterocycles. The first-order valence-electron chi connectivity index (χ1n) is 20.3. The summed E-state index contributed by atoms with van der Waals surface area (Å²) in [5, 5.41) is 17.3. The predicted octanol–water partition coefficient (Wildman–Crippen LogP) is 5.71. The molecule has 4 atom stereocenters. The van der Waals surface area contributed by atoms with E-state index in [1.807, 2.05) is 24.3 Å². The Kier molecular flexibility index (Phi) is 15.0. The molecule has 3 aromatic carbocycles. The first-order chi connectivity index (χ1) is 29.0. The summed E-state index contributed by atoms with van der Waals surface area (Å²) in [5.41, 5.74) is 17.6. The van der Waals surface area contributed by atoms with Crippen LogP contribution in [-0.2, 0) is 49.7 Å². The highest BCUT2D eigenvalue weighted by atomic mass is 35.5. The highest BCUT2D eigenvalue weighted by Gasteiger charge is 2.33. The molecule has 8 N–H and O–H groups in total. The number of phenols is 1. The van der Waals surface area contributed by atoms with Crippen molar-refractivity contribution in [3.05, 3.63) is 136 Å². The molecule has 6 rings (SSSR count). The third-order valence-electron chi connectivity index (χ3n) is 11.1. The molecule has 0 spiro atoms. The molecule has 2 aromatic heterocycles. The van der Waals surface area contributed by atoms with E-state index in [4.69, 9.17) is 23.1 Å². The Morgan fingerprint density at radius 2 is 1.50 bits per heavy atom. The average Bonchev–Trinajstić information content (AvgIpc) is 3.84. The molecule has 13 heteroatoms. The highest BCUT2D eigenvalue weighted by Crippen LogP contribution is 2.33. The van der Waals surface area contributed by atoms with Gasteiger partial charge >= 0.3 is 0 Å². The maximum Gasteiger partial charge on any atom is 0.224 e. The van der Waals surface area contributed by atoms with E-state index in [9.17, 15) is 29.1 Å². The van der Waals surface area contributed by atoms with E-state index >= 15 is 0 Å². The van der Waals surface area contributed by atoms with Crippen LogP contribution in [-0.4, -0.2) is 63.0 Å².